The number of amides is 1. The van der Waals surface area contributed by atoms with E-state index in [1.807, 2.05) is 12.1 Å². The molecule has 0 radical (unpaired) electrons. The Morgan fingerprint density at radius 2 is 2.21 bits per heavy atom. The van der Waals surface area contributed by atoms with Crippen molar-refractivity contribution in [2.45, 2.75) is 0 Å². The summed E-state index contributed by atoms with van der Waals surface area (Å²) >= 11 is 0. The van der Waals surface area contributed by atoms with Crippen molar-refractivity contribution in [3.8, 4) is 5.75 Å². The van der Waals surface area contributed by atoms with Gasteiger partial charge in [0, 0.05) is 25.6 Å². The van der Waals surface area contributed by atoms with Crippen molar-refractivity contribution in [3.05, 3.63) is 42.5 Å². The van der Waals surface area contributed by atoms with Gasteiger partial charge in [-0.2, -0.15) is 0 Å². The Morgan fingerprint density at radius 1 is 1.47 bits per heavy atom. The molecule has 1 heterocycles. The highest BCUT2D eigenvalue weighted by Crippen LogP contribution is 2.17. The Balaban J connectivity index is 0.00000180. The number of carbonyl (C=O) groups excluding carboxylic acids is 1. The number of rotatable bonds is 6. The maximum Gasteiger partial charge on any atom is 0.255 e. The summed E-state index contributed by atoms with van der Waals surface area (Å²) in [4.78, 5) is 12.0. The summed E-state index contributed by atoms with van der Waals surface area (Å²) in [5.74, 6) is 1.07. The molecule has 0 atom stereocenters. The lowest BCUT2D eigenvalue weighted by Crippen LogP contribution is -2.48. The summed E-state index contributed by atoms with van der Waals surface area (Å²) in [6, 6.07) is 7.25. The van der Waals surface area contributed by atoms with E-state index in [2.05, 4.69) is 17.2 Å². The van der Waals surface area contributed by atoms with Crippen molar-refractivity contribution >= 4 is 18.3 Å². The largest absolute Gasteiger partial charge is 0.489 e. The fraction of sp³-hybridized carbons (Fsp3) is 0.357. The van der Waals surface area contributed by atoms with Crippen molar-refractivity contribution in [1.29, 1.82) is 0 Å². The molecule has 1 amide bonds. The van der Waals surface area contributed by atoms with Crippen LogP contribution in [0, 0.1) is 5.92 Å². The quantitative estimate of drug-likeness (QED) is 0.780. The Hall–Kier alpha value is -1.52. The molecule has 104 valence electrons. The van der Waals surface area contributed by atoms with Gasteiger partial charge in [0.1, 0.15) is 12.4 Å². The Labute approximate surface area is 119 Å². The minimum Gasteiger partial charge on any atom is -0.489 e. The highest BCUT2D eigenvalue weighted by Gasteiger charge is 2.18. The van der Waals surface area contributed by atoms with Gasteiger partial charge in [-0.25, -0.2) is 0 Å². The third-order valence-corrected chi connectivity index (χ3v) is 2.91. The number of nitrogens with one attached hydrogen (secondary N) is 2. The highest BCUT2D eigenvalue weighted by molar-refractivity contribution is 5.96. The molecule has 1 fully saturated rings. The van der Waals surface area contributed by atoms with Gasteiger partial charge in [-0.15, -0.1) is 12.4 Å². The summed E-state index contributed by atoms with van der Waals surface area (Å²) in [7, 11) is 0. The van der Waals surface area contributed by atoms with Crippen molar-refractivity contribution in [2.24, 2.45) is 5.92 Å². The maximum atomic E-state index is 12.0. The standard InChI is InChI=1S/C14H18N2O2.ClH/c1-2-7-18-13-6-4-3-5-12(13)14(17)16-10-11-8-15-9-11;/h2-6,11,15H,1,7-10H2,(H,16,17);1H. The molecule has 2 rings (SSSR count). The average Bonchev–Trinajstić information content (AvgIpc) is 2.34. The molecule has 5 heteroatoms. The fourth-order valence-corrected chi connectivity index (χ4v) is 1.75. The molecule has 1 aliphatic rings. The molecular weight excluding hydrogens is 264 g/mol. The minimum atomic E-state index is -0.0819. The monoisotopic (exact) mass is 282 g/mol. The first-order chi connectivity index (χ1) is 8.81. The zero-order chi connectivity index (χ0) is 12.8. The van der Waals surface area contributed by atoms with E-state index >= 15 is 0 Å². The van der Waals surface area contributed by atoms with E-state index < -0.39 is 0 Å². The minimum absolute atomic E-state index is 0. The summed E-state index contributed by atoms with van der Waals surface area (Å²) < 4.78 is 5.46. The van der Waals surface area contributed by atoms with Crippen LogP contribution < -0.4 is 15.4 Å². The van der Waals surface area contributed by atoms with Crippen molar-refractivity contribution in [3.63, 3.8) is 0 Å². The van der Waals surface area contributed by atoms with Gasteiger partial charge in [-0.3, -0.25) is 4.79 Å². The molecule has 0 unspecified atom stereocenters. The van der Waals surface area contributed by atoms with E-state index in [9.17, 15) is 4.79 Å². The molecule has 2 N–H and O–H groups in total. The van der Waals surface area contributed by atoms with Gasteiger partial charge in [-0.05, 0) is 12.1 Å². The first-order valence-corrected chi connectivity index (χ1v) is 6.13. The zero-order valence-electron chi connectivity index (χ0n) is 10.7. The zero-order valence-corrected chi connectivity index (χ0v) is 11.5. The smallest absolute Gasteiger partial charge is 0.255 e. The molecular formula is C14H19ClN2O2. The molecule has 0 aromatic heterocycles. The van der Waals surface area contributed by atoms with Gasteiger partial charge >= 0.3 is 0 Å². The summed E-state index contributed by atoms with van der Waals surface area (Å²) in [6.45, 7) is 6.67. The summed E-state index contributed by atoms with van der Waals surface area (Å²) in [6.07, 6.45) is 1.66. The number of halogens is 1. The second-order valence-electron chi connectivity index (χ2n) is 4.33. The molecule has 4 nitrogen and oxygen atoms in total. The Kier molecular flexibility index (Phi) is 6.39. The second kappa shape index (κ2) is 7.81. The van der Waals surface area contributed by atoms with E-state index in [4.69, 9.17) is 4.74 Å². The predicted molar refractivity (Wildman–Crippen MR) is 78.1 cm³/mol. The molecule has 0 aliphatic carbocycles. The molecule has 1 saturated heterocycles. The number of ether oxygens (including phenoxy) is 1. The van der Waals surface area contributed by atoms with Crippen molar-refractivity contribution in [2.75, 3.05) is 26.2 Å². The van der Waals surface area contributed by atoms with Gasteiger partial charge in [0.15, 0.2) is 0 Å². The van der Waals surface area contributed by atoms with Gasteiger partial charge in [0.2, 0.25) is 0 Å². The van der Waals surface area contributed by atoms with E-state index in [0.29, 0.717) is 30.4 Å². The topological polar surface area (TPSA) is 50.4 Å². The van der Waals surface area contributed by atoms with Gasteiger partial charge in [0.25, 0.3) is 5.91 Å². The van der Waals surface area contributed by atoms with Crippen molar-refractivity contribution < 1.29 is 9.53 Å². The van der Waals surface area contributed by atoms with Crippen LogP contribution in [0.4, 0.5) is 0 Å². The van der Waals surface area contributed by atoms with E-state index in [0.717, 1.165) is 13.1 Å². The SMILES string of the molecule is C=CCOc1ccccc1C(=O)NCC1CNC1.Cl. The maximum absolute atomic E-state index is 12.0. The van der Waals surface area contributed by atoms with E-state index in [1.54, 1.807) is 18.2 Å². The molecule has 1 aromatic carbocycles. The number of carbonyl (C=O) groups is 1. The molecule has 19 heavy (non-hydrogen) atoms. The molecule has 1 aliphatic heterocycles. The first kappa shape index (κ1) is 15.5. The van der Waals surface area contributed by atoms with Crippen LogP contribution in [0.1, 0.15) is 10.4 Å². The Bertz CT molecular complexity index is 433. The van der Waals surface area contributed by atoms with Crippen LogP contribution in [0.2, 0.25) is 0 Å². The lowest BCUT2D eigenvalue weighted by Gasteiger charge is -2.27. The summed E-state index contributed by atoms with van der Waals surface area (Å²) in [5.41, 5.74) is 0.576. The first-order valence-electron chi connectivity index (χ1n) is 6.13. The van der Waals surface area contributed by atoms with Crippen LogP contribution in [-0.4, -0.2) is 32.1 Å². The number of hydrogen-bond acceptors (Lipinski definition) is 3. The van der Waals surface area contributed by atoms with Crippen molar-refractivity contribution in [1.82, 2.24) is 10.6 Å². The second-order valence-corrected chi connectivity index (χ2v) is 4.33. The summed E-state index contributed by atoms with van der Waals surface area (Å²) in [5, 5.41) is 6.11. The number of benzene rings is 1. The molecule has 1 aromatic rings. The molecule has 0 saturated carbocycles. The van der Waals surface area contributed by atoms with Crippen LogP contribution in [-0.2, 0) is 0 Å². The van der Waals surface area contributed by atoms with Crippen LogP contribution in [0.25, 0.3) is 0 Å². The lowest BCUT2D eigenvalue weighted by molar-refractivity contribution is 0.0938. The third-order valence-electron chi connectivity index (χ3n) is 2.91. The van der Waals surface area contributed by atoms with Crippen LogP contribution >= 0.6 is 12.4 Å². The van der Waals surface area contributed by atoms with Crippen LogP contribution in [0.15, 0.2) is 36.9 Å². The predicted octanol–water partition coefficient (Wildman–Crippen LogP) is 1.62. The van der Waals surface area contributed by atoms with Gasteiger partial charge in [-0.1, -0.05) is 24.8 Å². The van der Waals surface area contributed by atoms with Crippen LogP contribution in [0.3, 0.4) is 0 Å². The Morgan fingerprint density at radius 3 is 2.84 bits per heavy atom. The molecule has 0 spiro atoms. The number of para-hydroxylation sites is 1. The van der Waals surface area contributed by atoms with Gasteiger partial charge < -0.3 is 15.4 Å². The average molecular weight is 283 g/mol. The number of hydrogen-bond donors (Lipinski definition) is 2. The lowest BCUT2D eigenvalue weighted by atomic mass is 10.0. The van der Waals surface area contributed by atoms with E-state index in [-0.39, 0.29) is 18.3 Å². The highest BCUT2D eigenvalue weighted by atomic mass is 35.5. The normalized spacial score (nSPS) is 13.9. The van der Waals surface area contributed by atoms with E-state index in [1.165, 1.54) is 0 Å². The fourth-order valence-electron chi connectivity index (χ4n) is 1.75. The van der Waals surface area contributed by atoms with Crippen LogP contribution in [0.5, 0.6) is 5.75 Å². The van der Waals surface area contributed by atoms with Gasteiger partial charge in [0.05, 0.1) is 5.56 Å². The third kappa shape index (κ3) is 4.26. The molecule has 0 bridgehead atoms.